The molecule has 0 N–H and O–H groups in total. The summed E-state index contributed by atoms with van der Waals surface area (Å²) in [5, 5.41) is 4.07. The molecule has 4 heteroatoms. The van der Waals surface area contributed by atoms with E-state index in [0.717, 1.165) is 13.1 Å². The van der Waals surface area contributed by atoms with Gasteiger partial charge in [0.15, 0.2) is 0 Å². The first-order valence-corrected chi connectivity index (χ1v) is 6.24. The average molecular weight is 237 g/mol. The van der Waals surface area contributed by atoms with Crippen LogP contribution in [0.3, 0.4) is 0 Å². The fraction of sp³-hybridized carbons (Fsp3) is 0.692. The molecular weight excluding hydrogens is 214 g/mol. The van der Waals surface area contributed by atoms with Crippen LogP contribution < -0.4 is 0 Å². The van der Waals surface area contributed by atoms with Gasteiger partial charge >= 0.3 is 0 Å². The van der Waals surface area contributed by atoms with Gasteiger partial charge in [0.2, 0.25) is 5.91 Å². The van der Waals surface area contributed by atoms with Gasteiger partial charge in [0, 0.05) is 25.5 Å². The maximum Gasteiger partial charge on any atom is 0.244 e. The minimum atomic E-state index is 0.149. The largest absolute Gasteiger partial charge is 0.341 e. The van der Waals surface area contributed by atoms with Crippen molar-refractivity contribution in [1.82, 2.24) is 14.7 Å². The Morgan fingerprint density at radius 2 is 1.82 bits per heavy atom. The highest BCUT2D eigenvalue weighted by Gasteiger charge is 2.16. The van der Waals surface area contributed by atoms with Crippen molar-refractivity contribution in [3.63, 3.8) is 0 Å². The van der Waals surface area contributed by atoms with Crippen LogP contribution in [0.5, 0.6) is 0 Å². The van der Waals surface area contributed by atoms with Crippen LogP contribution in [0.25, 0.3) is 0 Å². The van der Waals surface area contributed by atoms with Crippen molar-refractivity contribution in [3.8, 4) is 0 Å². The summed E-state index contributed by atoms with van der Waals surface area (Å²) < 4.78 is 1.68. The van der Waals surface area contributed by atoms with Gasteiger partial charge in [0.1, 0.15) is 6.54 Å². The van der Waals surface area contributed by atoms with Gasteiger partial charge in [0.25, 0.3) is 0 Å². The molecule has 0 spiro atoms. The summed E-state index contributed by atoms with van der Waals surface area (Å²) in [5.41, 5.74) is 0. The van der Waals surface area contributed by atoms with Crippen molar-refractivity contribution in [2.45, 2.75) is 34.2 Å². The Morgan fingerprint density at radius 1 is 1.24 bits per heavy atom. The second kappa shape index (κ2) is 6.42. The number of hydrogen-bond donors (Lipinski definition) is 0. The van der Waals surface area contributed by atoms with Gasteiger partial charge < -0.3 is 4.90 Å². The maximum atomic E-state index is 12.1. The molecule has 1 aromatic heterocycles. The van der Waals surface area contributed by atoms with Gasteiger partial charge in [-0.25, -0.2) is 0 Å². The van der Waals surface area contributed by atoms with E-state index in [2.05, 4.69) is 32.8 Å². The van der Waals surface area contributed by atoms with E-state index in [0.29, 0.717) is 18.4 Å². The normalized spacial score (nSPS) is 11.2. The molecule has 0 aliphatic carbocycles. The molecule has 0 unspecified atom stereocenters. The van der Waals surface area contributed by atoms with Crippen LogP contribution in [0, 0.1) is 11.8 Å². The minimum Gasteiger partial charge on any atom is -0.341 e. The van der Waals surface area contributed by atoms with Crippen molar-refractivity contribution in [1.29, 1.82) is 0 Å². The first-order valence-electron chi connectivity index (χ1n) is 6.24. The topological polar surface area (TPSA) is 38.1 Å². The Kier molecular flexibility index (Phi) is 5.19. The Bertz CT molecular complexity index is 320. The maximum absolute atomic E-state index is 12.1. The lowest BCUT2D eigenvalue weighted by molar-refractivity contribution is -0.133. The number of aromatic nitrogens is 2. The van der Waals surface area contributed by atoms with E-state index in [1.165, 1.54) is 0 Å². The molecule has 0 atom stereocenters. The highest BCUT2D eigenvalue weighted by atomic mass is 16.2. The zero-order valence-corrected chi connectivity index (χ0v) is 11.3. The molecule has 1 heterocycles. The number of amides is 1. The predicted octanol–water partition coefficient (Wildman–Crippen LogP) is 2.02. The quantitative estimate of drug-likeness (QED) is 0.759. The molecule has 0 saturated carbocycles. The van der Waals surface area contributed by atoms with E-state index in [4.69, 9.17) is 0 Å². The molecule has 1 aromatic rings. The molecule has 0 aliphatic heterocycles. The third-order valence-corrected chi connectivity index (χ3v) is 2.38. The first kappa shape index (κ1) is 13.7. The molecule has 96 valence electrons. The second-order valence-corrected chi connectivity index (χ2v) is 5.29. The lowest BCUT2D eigenvalue weighted by Gasteiger charge is -2.26. The molecule has 17 heavy (non-hydrogen) atoms. The van der Waals surface area contributed by atoms with E-state index in [1.807, 2.05) is 17.2 Å². The van der Waals surface area contributed by atoms with Crippen molar-refractivity contribution < 1.29 is 4.79 Å². The fourth-order valence-electron chi connectivity index (χ4n) is 1.79. The summed E-state index contributed by atoms with van der Waals surface area (Å²) in [4.78, 5) is 14.1. The highest BCUT2D eigenvalue weighted by molar-refractivity contribution is 5.75. The summed E-state index contributed by atoms with van der Waals surface area (Å²) in [6.07, 6.45) is 3.52. The Morgan fingerprint density at radius 3 is 2.24 bits per heavy atom. The summed E-state index contributed by atoms with van der Waals surface area (Å²) in [6, 6.07) is 1.84. The zero-order chi connectivity index (χ0) is 12.8. The van der Waals surface area contributed by atoms with Gasteiger partial charge in [0.05, 0.1) is 0 Å². The number of rotatable bonds is 6. The van der Waals surface area contributed by atoms with E-state index in [-0.39, 0.29) is 5.91 Å². The predicted molar refractivity (Wildman–Crippen MR) is 68.5 cm³/mol. The smallest absolute Gasteiger partial charge is 0.244 e. The molecule has 0 aromatic carbocycles. The van der Waals surface area contributed by atoms with Gasteiger partial charge in [-0.05, 0) is 17.9 Å². The van der Waals surface area contributed by atoms with Crippen LogP contribution >= 0.6 is 0 Å². The van der Waals surface area contributed by atoms with E-state index >= 15 is 0 Å². The van der Waals surface area contributed by atoms with E-state index in [1.54, 1.807) is 10.9 Å². The number of hydrogen-bond acceptors (Lipinski definition) is 2. The van der Waals surface area contributed by atoms with Gasteiger partial charge in [-0.15, -0.1) is 0 Å². The molecule has 0 radical (unpaired) electrons. The van der Waals surface area contributed by atoms with E-state index in [9.17, 15) is 4.79 Å². The summed E-state index contributed by atoms with van der Waals surface area (Å²) in [7, 11) is 0. The van der Waals surface area contributed by atoms with Crippen LogP contribution in [0.1, 0.15) is 27.7 Å². The van der Waals surface area contributed by atoms with Crippen molar-refractivity contribution in [2.75, 3.05) is 13.1 Å². The van der Waals surface area contributed by atoms with Gasteiger partial charge in [-0.3, -0.25) is 9.48 Å². The number of carbonyl (C=O) groups is 1. The van der Waals surface area contributed by atoms with Crippen molar-refractivity contribution >= 4 is 5.91 Å². The lowest BCUT2D eigenvalue weighted by Crippen LogP contribution is -2.39. The first-order chi connectivity index (χ1) is 7.99. The minimum absolute atomic E-state index is 0.149. The van der Waals surface area contributed by atoms with Crippen molar-refractivity contribution in [3.05, 3.63) is 18.5 Å². The van der Waals surface area contributed by atoms with E-state index < -0.39 is 0 Å². The molecular formula is C13H23N3O. The van der Waals surface area contributed by atoms with Gasteiger partial charge in [-0.1, -0.05) is 27.7 Å². The third-order valence-electron chi connectivity index (χ3n) is 2.38. The number of nitrogens with zero attached hydrogens (tertiary/aromatic N) is 3. The molecule has 0 fully saturated rings. The highest BCUT2D eigenvalue weighted by Crippen LogP contribution is 2.05. The second-order valence-electron chi connectivity index (χ2n) is 5.29. The van der Waals surface area contributed by atoms with Crippen LogP contribution in [0.15, 0.2) is 18.5 Å². The Labute approximate surface area is 104 Å². The number of carbonyl (C=O) groups excluding carboxylic acids is 1. The fourth-order valence-corrected chi connectivity index (χ4v) is 1.79. The Balaban J connectivity index is 2.58. The Hall–Kier alpha value is -1.32. The average Bonchev–Trinajstić information content (AvgIpc) is 2.67. The lowest BCUT2D eigenvalue weighted by atomic mass is 10.1. The SMILES string of the molecule is CC(C)CN(CC(C)C)C(=O)Cn1cccn1. The van der Waals surface area contributed by atoms with Crippen LogP contribution in [-0.4, -0.2) is 33.7 Å². The van der Waals surface area contributed by atoms with Crippen LogP contribution in [0.4, 0.5) is 0 Å². The van der Waals surface area contributed by atoms with Crippen LogP contribution in [-0.2, 0) is 11.3 Å². The molecule has 1 rings (SSSR count). The van der Waals surface area contributed by atoms with Crippen molar-refractivity contribution in [2.24, 2.45) is 11.8 Å². The molecule has 0 aliphatic rings. The third kappa shape index (κ3) is 5.02. The zero-order valence-electron chi connectivity index (χ0n) is 11.3. The molecule has 0 saturated heterocycles. The monoisotopic (exact) mass is 237 g/mol. The standard InChI is InChI=1S/C13H23N3O/c1-11(2)8-15(9-12(3)4)13(17)10-16-7-5-6-14-16/h5-7,11-12H,8-10H2,1-4H3. The summed E-state index contributed by atoms with van der Waals surface area (Å²) in [6.45, 7) is 10.5. The molecule has 1 amide bonds. The summed E-state index contributed by atoms with van der Waals surface area (Å²) >= 11 is 0. The molecule has 0 bridgehead atoms. The van der Waals surface area contributed by atoms with Crippen LogP contribution in [0.2, 0.25) is 0 Å². The summed E-state index contributed by atoms with van der Waals surface area (Å²) in [5.74, 6) is 1.14. The molecule has 4 nitrogen and oxygen atoms in total. The van der Waals surface area contributed by atoms with Gasteiger partial charge in [-0.2, -0.15) is 5.10 Å².